The molecule has 2 heterocycles. The van der Waals surface area contributed by atoms with Gasteiger partial charge in [0.05, 0.1) is 11.3 Å². The monoisotopic (exact) mass is 323 g/mol. The summed E-state index contributed by atoms with van der Waals surface area (Å²) in [5, 5.41) is 0. The van der Waals surface area contributed by atoms with Crippen LogP contribution in [0.2, 0.25) is 0 Å². The molecule has 1 fully saturated rings. The highest BCUT2D eigenvalue weighted by Crippen LogP contribution is 2.27. The number of carbonyl (C=O) groups excluding carboxylic acids is 2. The topological polar surface area (TPSA) is 53.5 Å². The fraction of sp³-hybridized carbons (Fsp3) is 0.316. The molecule has 1 aromatic carbocycles. The van der Waals surface area contributed by atoms with Crippen molar-refractivity contribution in [1.82, 2.24) is 9.88 Å². The lowest BCUT2D eigenvalue weighted by atomic mass is 9.98. The van der Waals surface area contributed by atoms with Crippen LogP contribution < -0.4 is 4.90 Å². The third kappa shape index (κ3) is 3.30. The zero-order valence-corrected chi connectivity index (χ0v) is 14.0. The third-order valence-electron chi connectivity index (χ3n) is 4.28. The molecule has 1 aliphatic rings. The molecule has 24 heavy (non-hydrogen) atoms. The van der Waals surface area contributed by atoms with Crippen LogP contribution >= 0.6 is 0 Å². The first kappa shape index (κ1) is 16.2. The number of benzene rings is 1. The number of rotatable bonds is 4. The van der Waals surface area contributed by atoms with Crippen molar-refractivity contribution >= 4 is 17.5 Å². The molecule has 2 amide bonds. The maximum absolute atomic E-state index is 12.3. The van der Waals surface area contributed by atoms with Crippen molar-refractivity contribution in [3.05, 3.63) is 59.9 Å². The minimum atomic E-state index is -0.0534. The number of para-hydroxylation sites is 1. The molecule has 2 aromatic rings. The summed E-state index contributed by atoms with van der Waals surface area (Å²) in [5.74, 6) is 0.242. The van der Waals surface area contributed by atoms with E-state index in [1.807, 2.05) is 35.2 Å². The molecular formula is C19H21N3O2. The smallest absolute Gasteiger partial charge is 0.255 e. The van der Waals surface area contributed by atoms with Gasteiger partial charge in [0.25, 0.3) is 5.91 Å². The van der Waals surface area contributed by atoms with E-state index in [1.54, 1.807) is 37.3 Å². The van der Waals surface area contributed by atoms with Crippen molar-refractivity contribution < 1.29 is 9.59 Å². The Labute approximate surface area is 141 Å². The standard InChI is InChI=1S/C19H21N3O2/c1-21(2)19(24)16-9-6-10-20-17(16)11-14-12-18(23)22(13-14)15-7-4-3-5-8-15/h3-10,14H,11-13H2,1-2H3/t14-/m0/s1. The van der Waals surface area contributed by atoms with Gasteiger partial charge in [0.15, 0.2) is 0 Å². The Bertz CT molecular complexity index is 743. The van der Waals surface area contributed by atoms with Gasteiger partial charge in [0.1, 0.15) is 0 Å². The van der Waals surface area contributed by atoms with Crippen LogP contribution in [0.3, 0.4) is 0 Å². The molecule has 5 heteroatoms. The van der Waals surface area contributed by atoms with E-state index < -0.39 is 0 Å². The van der Waals surface area contributed by atoms with Gasteiger partial charge in [-0.25, -0.2) is 0 Å². The van der Waals surface area contributed by atoms with Gasteiger partial charge in [-0.3, -0.25) is 14.6 Å². The second-order valence-electron chi connectivity index (χ2n) is 6.31. The normalized spacial score (nSPS) is 17.2. The molecule has 1 saturated heterocycles. The maximum atomic E-state index is 12.3. The summed E-state index contributed by atoms with van der Waals surface area (Å²) in [6.07, 6.45) is 2.82. The molecule has 0 aliphatic carbocycles. The summed E-state index contributed by atoms with van der Waals surface area (Å²) in [4.78, 5) is 32.4. The van der Waals surface area contributed by atoms with Gasteiger partial charge in [-0.05, 0) is 36.6 Å². The van der Waals surface area contributed by atoms with E-state index in [9.17, 15) is 9.59 Å². The molecule has 1 aromatic heterocycles. The van der Waals surface area contributed by atoms with E-state index in [4.69, 9.17) is 0 Å². The zero-order chi connectivity index (χ0) is 17.1. The summed E-state index contributed by atoms with van der Waals surface area (Å²) < 4.78 is 0. The zero-order valence-electron chi connectivity index (χ0n) is 14.0. The molecule has 124 valence electrons. The number of amides is 2. The van der Waals surface area contributed by atoms with Gasteiger partial charge in [0, 0.05) is 38.9 Å². The van der Waals surface area contributed by atoms with E-state index in [0.29, 0.717) is 24.9 Å². The Morgan fingerprint density at radius 3 is 2.67 bits per heavy atom. The van der Waals surface area contributed by atoms with Gasteiger partial charge in [0.2, 0.25) is 5.91 Å². The molecule has 0 bridgehead atoms. The van der Waals surface area contributed by atoms with E-state index >= 15 is 0 Å². The van der Waals surface area contributed by atoms with E-state index in [2.05, 4.69) is 4.98 Å². The first-order chi connectivity index (χ1) is 11.6. The van der Waals surface area contributed by atoms with Crippen molar-refractivity contribution in [3.63, 3.8) is 0 Å². The minimum absolute atomic E-state index is 0.0534. The van der Waals surface area contributed by atoms with Gasteiger partial charge in [-0.2, -0.15) is 0 Å². The van der Waals surface area contributed by atoms with Crippen LogP contribution in [0.5, 0.6) is 0 Å². The van der Waals surface area contributed by atoms with Crippen molar-refractivity contribution in [3.8, 4) is 0 Å². The molecule has 0 spiro atoms. The molecule has 0 radical (unpaired) electrons. The highest BCUT2D eigenvalue weighted by atomic mass is 16.2. The van der Waals surface area contributed by atoms with Crippen LogP contribution in [0.1, 0.15) is 22.5 Å². The van der Waals surface area contributed by atoms with Gasteiger partial charge < -0.3 is 9.80 Å². The quantitative estimate of drug-likeness (QED) is 0.868. The number of nitrogens with zero attached hydrogens (tertiary/aromatic N) is 3. The van der Waals surface area contributed by atoms with E-state index in [0.717, 1.165) is 11.4 Å². The summed E-state index contributed by atoms with van der Waals surface area (Å²) in [7, 11) is 3.46. The first-order valence-corrected chi connectivity index (χ1v) is 8.07. The summed E-state index contributed by atoms with van der Waals surface area (Å²) >= 11 is 0. The lowest BCUT2D eigenvalue weighted by Gasteiger charge is -2.17. The summed E-state index contributed by atoms with van der Waals surface area (Å²) in [6.45, 7) is 0.662. The molecular weight excluding hydrogens is 302 g/mol. The minimum Gasteiger partial charge on any atom is -0.345 e. The van der Waals surface area contributed by atoms with E-state index in [-0.39, 0.29) is 17.7 Å². The highest BCUT2D eigenvalue weighted by molar-refractivity contribution is 5.96. The number of carbonyl (C=O) groups is 2. The van der Waals surface area contributed by atoms with Gasteiger partial charge in [-0.15, -0.1) is 0 Å². The van der Waals surface area contributed by atoms with Gasteiger partial charge >= 0.3 is 0 Å². The Balaban J connectivity index is 1.77. The molecule has 3 rings (SSSR count). The largest absolute Gasteiger partial charge is 0.345 e. The molecule has 1 aliphatic heterocycles. The molecule has 0 unspecified atom stereocenters. The lowest BCUT2D eigenvalue weighted by molar-refractivity contribution is -0.117. The molecule has 1 atom stereocenters. The number of hydrogen-bond acceptors (Lipinski definition) is 3. The van der Waals surface area contributed by atoms with Crippen LogP contribution in [-0.4, -0.2) is 42.3 Å². The number of aromatic nitrogens is 1. The van der Waals surface area contributed by atoms with Crippen LogP contribution in [0, 0.1) is 5.92 Å². The highest BCUT2D eigenvalue weighted by Gasteiger charge is 2.31. The predicted molar refractivity (Wildman–Crippen MR) is 92.9 cm³/mol. The Kier molecular flexibility index (Phi) is 4.60. The van der Waals surface area contributed by atoms with Gasteiger partial charge in [-0.1, -0.05) is 18.2 Å². The fourth-order valence-electron chi connectivity index (χ4n) is 3.09. The Morgan fingerprint density at radius 1 is 1.21 bits per heavy atom. The molecule has 0 saturated carbocycles. The second-order valence-corrected chi connectivity index (χ2v) is 6.31. The summed E-state index contributed by atoms with van der Waals surface area (Å²) in [6, 6.07) is 13.3. The fourth-order valence-corrected chi connectivity index (χ4v) is 3.09. The van der Waals surface area contributed by atoms with E-state index in [1.165, 1.54) is 0 Å². The average molecular weight is 323 g/mol. The SMILES string of the molecule is CN(C)C(=O)c1cccnc1C[C@H]1CC(=O)N(c2ccccc2)C1. The molecule has 0 N–H and O–H groups in total. The first-order valence-electron chi connectivity index (χ1n) is 8.07. The number of hydrogen-bond donors (Lipinski definition) is 0. The number of pyridine rings is 1. The van der Waals surface area contributed by atoms with Crippen molar-refractivity contribution in [2.45, 2.75) is 12.8 Å². The van der Waals surface area contributed by atoms with Crippen LogP contribution in [0.4, 0.5) is 5.69 Å². The van der Waals surface area contributed by atoms with Crippen molar-refractivity contribution in [2.24, 2.45) is 5.92 Å². The van der Waals surface area contributed by atoms with Crippen LogP contribution in [0.25, 0.3) is 0 Å². The van der Waals surface area contributed by atoms with Crippen molar-refractivity contribution in [1.29, 1.82) is 0 Å². The lowest BCUT2D eigenvalue weighted by Crippen LogP contribution is -2.25. The Morgan fingerprint density at radius 2 is 1.96 bits per heavy atom. The number of anilines is 1. The van der Waals surface area contributed by atoms with Crippen LogP contribution in [0.15, 0.2) is 48.7 Å². The third-order valence-corrected chi connectivity index (χ3v) is 4.28. The Hall–Kier alpha value is -2.69. The maximum Gasteiger partial charge on any atom is 0.255 e. The van der Waals surface area contributed by atoms with Crippen molar-refractivity contribution in [2.75, 3.05) is 25.5 Å². The average Bonchev–Trinajstić information content (AvgIpc) is 2.96. The predicted octanol–water partition coefficient (Wildman–Crippen LogP) is 2.38. The van der Waals surface area contributed by atoms with Crippen LogP contribution in [-0.2, 0) is 11.2 Å². The molecule has 5 nitrogen and oxygen atoms in total. The second kappa shape index (κ2) is 6.83. The summed E-state index contributed by atoms with van der Waals surface area (Å²) in [5.41, 5.74) is 2.31.